The lowest BCUT2D eigenvalue weighted by atomic mass is 10.0. The summed E-state index contributed by atoms with van der Waals surface area (Å²) in [4.78, 5) is 10.1. The van der Waals surface area contributed by atoms with Crippen molar-refractivity contribution >= 4 is 0 Å². The molecule has 0 N–H and O–H groups in total. The van der Waals surface area contributed by atoms with Crippen molar-refractivity contribution in [2.75, 3.05) is 6.54 Å². The molecular formula is C13H15NO2. The van der Waals surface area contributed by atoms with Crippen molar-refractivity contribution < 1.29 is 4.92 Å². The molecule has 1 aromatic carbocycles. The van der Waals surface area contributed by atoms with Crippen molar-refractivity contribution in [3.05, 3.63) is 46.0 Å². The van der Waals surface area contributed by atoms with Gasteiger partial charge in [0.15, 0.2) is 0 Å². The molecule has 0 saturated carbocycles. The van der Waals surface area contributed by atoms with Gasteiger partial charge in [-0.3, -0.25) is 10.1 Å². The average Bonchev–Trinajstić information content (AvgIpc) is 2.27. The number of hydrogen-bond donors (Lipinski definition) is 0. The van der Waals surface area contributed by atoms with Gasteiger partial charge in [0.05, 0.1) is 5.92 Å². The van der Waals surface area contributed by atoms with Crippen LogP contribution < -0.4 is 0 Å². The van der Waals surface area contributed by atoms with Crippen LogP contribution in [-0.4, -0.2) is 11.5 Å². The molecular weight excluding hydrogens is 202 g/mol. The van der Waals surface area contributed by atoms with Gasteiger partial charge >= 0.3 is 0 Å². The molecule has 0 heterocycles. The Balaban J connectivity index is 2.67. The first-order chi connectivity index (χ1) is 7.72. The second-order valence-electron chi connectivity index (χ2n) is 3.64. The number of nitrogens with zero attached hydrogens (tertiary/aromatic N) is 1. The van der Waals surface area contributed by atoms with Crippen molar-refractivity contribution in [3.8, 4) is 11.8 Å². The predicted molar refractivity (Wildman–Crippen MR) is 63.6 cm³/mol. The van der Waals surface area contributed by atoms with Crippen LogP contribution in [0.1, 0.15) is 25.3 Å². The highest BCUT2D eigenvalue weighted by molar-refractivity contribution is 5.34. The third-order valence-corrected chi connectivity index (χ3v) is 2.20. The van der Waals surface area contributed by atoms with Gasteiger partial charge < -0.3 is 0 Å². The summed E-state index contributed by atoms with van der Waals surface area (Å²) in [6.07, 6.45) is 1.70. The smallest absolute Gasteiger partial charge is 0.217 e. The van der Waals surface area contributed by atoms with E-state index >= 15 is 0 Å². The zero-order valence-corrected chi connectivity index (χ0v) is 9.35. The quantitative estimate of drug-likeness (QED) is 0.442. The molecule has 0 amide bonds. The van der Waals surface area contributed by atoms with Crippen LogP contribution in [0.5, 0.6) is 0 Å². The van der Waals surface area contributed by atoms with Crippen LogP contribution in [0.2, 0.25) is 0 Å². The third-order valence-electron chi connectivity index (χ3n) is 2.20. The lowest BCUT2D eigenvalue weighted by Crippen LogP contribution is -2.12. The van der Waals surface area contributed by atoms with E-state index in [9.17, 15) is 10.1 Å². The second-order valence-corrected chi connectivity index (χ2v) is 3.64. The van der Waals surface area contributed by atoms with Crippen LogP contribution in [0.3, 0.4) is 0 Å². The maximum atomic E-state index is 10.4. The fraction of sp³-hybridized carbons (Fsp3) is 0.385. The van der Waals surface area contributed by atoms with E-state index in [0.29, 0.717) is 0 Å². The van der Waals surface area contributed by atoms with Crippen molar-refractivity contribution in [2.24, 2.45) is 5.92 Å². The first-order valence-electron chi connectivity index (χ1n) is 5.40. The highest BCUT2D eigenvalue weighted by Crippen LogP contribution is 2.06. The molecule has 0 bridgehead atoms. The molecule has 0 saturated heterocycles. The Morgan fingerprint density at radius 3 is 2.62 bits per heavy atom. The van der Waals surface area contributed by atoms with Crippen molar-refractivity contribution in [3.63, 3.8) is 0 Å². The monoisotopic (exact) mass is 217 g/mol. The van der Waals surface area contributed by atoms with E-state index in [1.807, 2.05) is 37.3 Å². The van der Waals surface area contributed by atoms with Gasteiger partial charge in [0, 0.05) is 10.5 Å². The van der Waals surface area contributed by atoms with Gasteiger partial charge in [0.25, 0.3) is 0 Å². The van der Waals surface area contributed by atoms with E-state index < -0.39 is 0 Å². The van der Waals surface area contributed by atoms with Crippen LogP contribution in [0, 0.1) is 27.9 Å². The Morgan fingerprint density at radius 2 is 2.06 bits per heavy atom. The number of nitro groups is 1. The second kappa shape index (κ2) is 6.62. The molecule has 0 aliphatic carbocycles. The Bertz CT molecular complexity index is 389. The SMILES string of the molecule is CCC[C@@H](C#Cc1ccccc1)C[N+](=O)[O-]. The number of benzene rings is 1. The molecule has 0 radical (unpaired) electrons. The zero-order chi connectivity index (χ0) is 11.8. The minimum Gasteiger partial charge on any atom is -0.264 e. The fourth-order valence-electron chi connectivity index (χ4n) is 1.44. The average molecular weight is 217 g/mol. The number of rotatable bonds is 4. The molecule has 1 atom stereocenters. The van der Waals surface area contributed by atoms with Gasteiger partial charge in [0.2, 0.25) is 6.54 Å². The van der Waals surface area contributed by atoms with Crippen molar-refractivity contribution in [1.29, 1.82) is 0 Å². The summed E-state index contributed by atoms with van der Waals surface area (Å²) in [5.74, 6) is 5.82. The normalized spacial score (nSPS) is 11.3. The molecule has 1 aromatic rings. The topological polar surface area (TPSA) is 43.1 Å². The molecule has 0 unspecified atom stereocenters. The summed E-state index contributed by atoms with van der Waals surface area (Å²) < 4.78 is 0. The third kappa shape index (κ3) is 4.61. The van der Waals surface area contributed by atoms with Gasteiger partial charge in [-0.15, -0.1) is 0 Å². The Hall–Kier alpha value is -1.82. The molecule has 16 heavy (non-hydrogen) atoms. The summed E-state index contributed by atoms with van der Waals surface area (Å²) >= 11 is 0. The molecule has 0 fully saturated rings. The molecule has 1 rings (SSSR count). The summed E-state index contributed by atoms with van der Waals surface area (Å²) in [6.45, 7) is 1.95. The minimum absolute atomic E-state index is 0.0618. The Labute approximate surface area is 95.6 Å². The standard InChI is InChI=1S/C13H15NO2/c1-2-6-13(11-14(15)16)10-9-12-7-4-3-5-8-12/h3-5,7-8,13H,2,6,11H2,1H3/t13-/m0/s1. The molecule has 3 heteroatoms. The van der Waals surface area contributed by atoms with E-state index in [4.69, 9.17) is 0 Å². The van der Waals surface area contributed by atoms with Crippen LogP contribution >= 0.6 is 0 Å². The van der Waals surface area contributed by atoms with E-state index in [-0.39, 0.29) is 17.4 Å². The first kappa shape index (κ1) is 12.3. The molecule has 0 aromatic heterocycles. The zero-order valence-electron chi connectivity index (χ0n) is 9.35. The maximum Gasteiger partial charge on any atom is 0.217 e. The van der Waals surface area contributed by atoms with Crippen LogP contribution in [0.25, 0.3) is 0 Å². The van der Waals surface area contributed by atoms with Gasteiger partial charge in [-0.2, -0.15) is 0 Å². The Morgan fingerprint density at radius 1 is 1.38 bits per heavy atom. The molecule has 84 valence electrons. The molecule has 0 aliphatic rings. The summed E-state index contributed by atoms with van der Waals surface area (Å²) in [5, 5.41) is 10.4. The van der Waals surface area contributed by atoms with Gasteiger partial charge in [-0.1, -0.05) is 43.4 Å². The number of hydrogen-bond acceptors (Lipinski definition) is 2. The lowest BCUT2D eigenvalue weighted by molar-refractivity contribution is -0.485. The van der Waals surface area contributed by atoms with E-state index in [1.165, 1.54) is 0 Å². The maximum absolute atomic E-state index is 10.4. The molecule has 3 nitrogen and oxygen atoms in total. The highest BCUT2D eigenvalue weighted by Gasteiger charge is 2.10. The largest absolute Gasteiger partial charge is 0.264 e. The molecule has 0 aliphatic heterocycles. The van der Waals surface area contributed by atoms with E-state index in [1.54, 1.807) is 0 Å². The van der Waals surface area contributed by atoms with Gasteiger partial charge in [0.1, 0.15) is 0 Å². The lowest BCUT2D eigenvalue weighted by Gasteiger charge is -2.02. The van der Waals surface area contributed by atoms with Gasteiger partial charge in [-0.25, -0.2) is 0 Å². The van der Waals surface area contributed by atoms with Crippen LogP contribution in [0.4, 0.5) is 0 Å². The first-order valence-corrected chi connectivity index (χ1v) is 5.40. The van der Waals surface area contributed by atoms with Crippen molar-refractivity contribution in [2.45, 2.75) is 19.8 Å². The Kier molecular flexibility index (Phi) is 5.07. The fourth-order valence-corrected chi connectivity index (χ4v) is 1.44. The summed E-state index contributed by atoms with van der Waals surface area (Å²) in [6, 6.07) is 9.55. The highest BCUT2D eigenvalue weighted by atomic mass is 16.6. The summed E-state index contributed by atoms with van der Waals surface area (Å²) in [7, 11) is 0. The predicted octanol–water partition coefficient (Wildman–Crippen LogP) is 2.73. The van der Waals surface area contributed by atoms with Crippen molar-refractivity contribution in [1.82, 2.24) is 0 Å². The molecule has 0 spiro atoms. The van der Waals surface area contributed by atoms with Crippen LogP contribution in [-0.2, 0) is 0 Å². The minimum atomic E-state index is -0.292. The van der Waals surface area contributed by atoms with E-state index in [0.717, 1.165) is 18.4 Å². The van der Waals surface area contributed by atoms with Crippen LogP contribution in [0.15, 0.2) is 30.3 Å². The summed E-state index contributed by atoms with van der Waals surface area (Å²) in [5.41, 5.74) is 0.909. The van der Waals surface area contributed by atoms with Gasteiger partial charge in [-0.05, 0) is 18.6 Å². The van der Waals surface area contributed by atoms with E-state index in [2.05, 4.69) is 11.8 Å².